The van der Waals surface area contributed by atoms with Gasteiger partial charge < -0.3 is 9.67 Å². The highest BCUT2D eigenvalue weighted by Gasteiger charge is 2.14. The quantitative estimate of drug-likeness (QED) is 0.550. The lowest BCUT2D eigenvalue weighted by Crippen LogP contribution is -1.96. The summed E-state index contributed by atoms with van der Waals surface area (Å²) in [5, 5.41) is 11.4. The summed E-state index contributed by atoms with van der Waals surface area (Å²) in [4.78, 5) is 0. The van der Waals surface area contributed by atoms with Gasteiger partial charge in [0.15, 0.2) is 0 Å². The Morgan fingerprint density at radius 2 is 1.36 bits per heavy atom. The second-order valence-corrected chi connectivity index (χ2v) is 5.28. The van der Waals surface area contributed by atoms with Gasteiger partial charge in [-0.1, -0.05) is 48.5 Å². The van der Waals surface area contributed by atoms with E-state index in [0.29, 0.717) is 5.75 Å². The van der Waals surface area contributed by atoms with Crippen LogP contribution in [0.4, 0.5) is 0 Å². The van der Waals surface area contributed by atoms with Crippen molar-refractivity contribution in [1.82, 2.24) is 4.57 Å². The van der Waals surface area contributed by atoms with E-state index >= 15 is 0 Å². The third-order valence-corrected chi connectivity index (χ3v) is 3.91. The van der Waals surface area contributed by atoms with Crippen LogP contribution in [0.25, 0.3) is 27.8 Å². The Morgan fingerprint density at radius 3 is 2.18 bits per heavy atom. The molecular weight excluding hydrogens is 270 g/mol. The predicted molar refractivity (Wildman–Crippen MR) is 90.4 cm³/mol. The van der Waals surface area contributed by atoms with Crippen LogP contribution in [0, 0.1) is 0 Å². The zero-order valence-corrected chi connectivity index (χ0v) is 12.0. The first-order chi connectivity index (χ1) is 10.8. The van der Waals surface area contributed by atoms with Crippen LogP contribution >= 0.6 is 0 Å². The lowest BCUT2D eigenvalue weighted by atomic mass is 10.1. The van der Waals surface area contributed by atoms with Crippen LogP contribution in [0.2, 0.25) is 0 Å². The normalized spacial score (nSPS) is 10.9. The van der Waals surface area contributed by atoms with E-state index in [0.717, 1.165) is 27.8 Å². The largest absolute Gasteiger partial charge is 0.507 e. The molecule has 0 spiro atoms. The zero-order chi connectivity index (χ0) is 14.9. The molecule has 4 aromatic rings. The second kappa shape index (κ2) is 5.08. The molecule has 4 rings (SSSR count). The third-order valence-electron chi connectivity index (χ3n) is 3.91. The van der Waals surface area contributed by atoms with Crippen molar-refractivity contribution in [2.45, 2.75) is 0 Å². The topological polar surface area (TPSA) is 25.2 Å². The highest BCUT2D eigenvalue weighted by Crippen LogP contribution is 2.35. The van der Waals surface area contributed by atoms with Crippen LogP contribution in [0.3, 0.4) is 0 Å². The fourth-order valence-electron chi connectivity index (χ4n) is 2.90. The number of hydrogen-bond donors (Lipinski definition) is 1. The summed E-state index contributed by atoms with van der Waals surface area (Å²) in [6.45, 7) is 0. The molecule has 0 amide bonds. The van der Waals surface area contributed by atoms with Crippen molar-refractivity contribution in [3.8, 4) is 22.7 Å². The van der Waals surface area contributed by atoms with E-state index in [1.807, 2.05) is 48.5 Å². The molecule has 106 valence electrons. The average Bonchev–Trinajstić information content (AvgIpc) is 2.95. The van der Waals surface area contributed by atoms with Crippen LogP contribution in [-0.2, 0) is 0 Å². The first-order valence-electron chi connectivity index (χ1n) is 7.29. The van der Waals surface area contributed by atoms with Gasteiger partial charge in [-0.25, -0.2) is 0 Å². The van der Waals surface area contributed by atoms with Crippen LogP contribution in [0.1, 0.15) is 0 Å². The van der Waals surface area contributed by atoms with Crippen molar-refractivity contribution in [2.75, 3.05) is 0 Å². The first kappa shape index (κ1) is 12.7. The summed E-state index contributed by atoms with van der Waals surface area (Å²) < 4.78 is 2.18. The molecule has 0 saturated heterocycles. The van der Waals surface area contributed by atoms with Crippen molar-refractivity contribution in [2.24, 2.45) is 0 Å². The molecule has 1 aromatic heterocycles. The van der Waals surface area contributed by atoms with E-state index in [1.165, 1.54) is 0 Å². The van der Waals surface area contributed by atoms with Gasteiger partial charge in [-0.05, 0) is 36.4 Å². The molecule has 22 heavy (non-hydrogen) atoms. The average molecular weight is 285 g/mol. The standard InChI is InChI=1S/C20H15NO/c22-20-13-7-5-11-17(20)19-14-15-8-4-6-12-18(15)21(19)16-9-2-1-3-10-16/h1-14,22H. The van der Waals surface area contributed by atoms with Gasteiger partial charge in [0.25, 0.3) is 0 Å². The molecule has 0 aliphatic carbocycles. The number of para-hydroxylation sites is 3. The van der Waals surface area contributed by atoms with Gasteiger partial charge in [-0.3, -0.25) is 0 Å². The Labute approximate surface area is 128 Å². The number of hydrogen-bond acceptors (Lipinski definition) is 1. The number of benzene rings is 3. The van der Waals surface area contributed by atoms with E-state index < -0.39 is 0 Å². The molecule has 0 fully saturated rings. The third kappa shape index (κ3) is 1.97. The highest BCUT2D eigenvalue weighted by molar-refractivity contribution is 5.90. The monoisotopic (exact) mass is 285 g/mol. The fraction of sp³-hybridized carbons (Fsp3) is 0. The Balaban J connectivity index is 2.09. The first-order valence-corrected chi connectivity index (χ1v) is 7.29. The molecule has 0 bridgehead atoms. The maximum absolute atomic E-state index is 10.2. The molecule has 0 aliphatic heterocycles. The van der Waals surface area contributed by atoms with Gasteiger partial charge in [0.1, 0.15) is 5.75 Å². The van der Waals surface area contributed by atoms with Gasteiger partial charge in [0.2, 0.25) is 0 Å². The molecule has 0 saturated carbocycles. The number of nitrogens with zero attached hydrogens (tertiary/aromatic N) is 1. The van der Waals surface area contributed by atoms with Crippen molar-refractivity contribution < 1.29 is 5.11 Å². The van der Waals surface area contributed by atoms with Crippen LogP contribution in [0.15, 0.2) is 84.9 Å². The number of rotatable bonds is 2. The molecule has 1 N–H and O–H groups in total. The van der Waals surface area contributed by atoms with E-state index in [9.17, 15) is 5.11 Å². The molecular formula is C20H15NO. The van der Waals surface area contributed by atoms with Gasteiger partial charge in [0.05, 0.1) is 11.2 Å². The van der Waals surface area contributed by atoms with Gasteiger partial charge in [0, 0.05) is 16.6 Å². The summed E-state index contributed by atoms with van der Waals surface area (Å²) in [7, 11) is 0. The van der Waals surface area contributed by atoms with Crippen LogP contribution in [-0.4, -0.2) is 9.67 Å². The molecule has 0 unspecified atom stereocenters. The van der Waals surface area contributed by atoms with Gasteiger partial charge >= 0.3 is 0 Å². The lowest BCUT2D eigenvalue weighted by Gasteiger charge is -2.12. The number of fused-ring (bicyclic) bond motifs is 1. The summed E-state index contributed by atoms with van der Waals surface area (Å²) in [6, 6.07) is 28.1. The van der Waals surface area contributed by atoms with E-state index in [-0.39, 0.29) is 0 Å². The number of aromatic nitrogens is 1. The van der Waals surface area contributed by atoms with Crippen molar-refractivity contribution in [3.05, 3.63) is 84.9 Å². The van der Waals surface area contributed by atoms with Gasteiger partial charge in [-0.2, -0.15) is 0 Å². The molecule has 0 atom stereocenters. The van der Waals surface area contributed by atoms with E-state index in [4.69, 9.17) is 0 Å². The minimum absolute atomic E-state index is 0.294. The lowest BCUT2D eigenvalue weighted by molar-refractivity contribution is 0.477. The highest BCUT2D eigenvalue weighted by atomic mass is 16.3. The minimum atomic E-state index is 0.294. The maximum atomic E-state index is 10.2. The Bertz CT molecular complexity index is 938. The van der Waals surface area contributed by atoms with Crippen molar-refractivity contribution in [3.63, 3.8) is 0 Å². The summed E-state index contributed by atoms with van der Waals surface area (Å²) in [5.74, 6) is 0.294. The van der Waals surface area contributed by atoms with Gasteiger partial charge in [-0.15, -0.1) is 0 Å². The molecule has 0 aliphatic rings. The fourth-order valence-corrected chi connectivity index (χ4v) is 2.90. The van der Waals surface area contributed by atoms with E-state index in [1.54, 1.807) is 6.07 Å². The zero-order valence-electron chi connectivity index (χ0n) is 12.0. The Kier molecular flexibility index (Phi) is 2.94. The molecule has 0 radical (unpaired) electrons. The summed E-state index contributed by atoms with van der Waals surface area (Å²) >= 11 is 0. The van der Waals surface area contributed by atoms with Crippen LogP contribution in [0.5, 0.6) is 5.75 Å². The molecule has 2 nitrogen and oxygen atoms in total. The molecule has 1 heterocycles. The van der Waals surface area contributed by atoms with Crippen molar-refractivity contribution >= 4 is 10.9 Å². The van der Waals surface area contributed by atoms with E-state index in [2.05, 4.69) is 34.9 Å². The minimum Gasteiger partial charge on any atom is -0.507 e. The Hall–Kier alpha value is -3.00. The second-order valence-electron chi connectivity index (χ2n) is 5.28. The summed E-state index contributed by atoms with van der Waals surface area (Å²) in [5.41, 5.74) is 4.04. The number of aromatic hydroxyl groups is 1. The number of phenolic OH excluding ortho intramolecular Hbond substituents is 1. The smallest absolute Gasteiger partial charge is 0.124 e. The number of phenols is 1. The van der Waals surface area contributed by atoms with Crippen LogP contribution < -0.4 is 0 Å². The summed E-state index contributed by atoms with van der Waals surface area (Å²) in [6.07, 6.45) is 0. The molecule has 2 heteroatoms. The Morgan fingerprint density at radius 1 is 0.682 bits per heavy atom. The van der Waals surface area contributed by atoms with Crippen molar-refractivity contribution in [1.29, 1.82) is 0 Å². The predicted octanol–water partition coefficient (Wildman–Crippen LogP) is 5.00. The molecule has 3 aromatic carbocycles. The SMILES string of the molecule is Oc1ccccc1-c1cc2ccccc2n1-c1ccccc1. The maximum Gasteiger partial charge on any atom is 0.124 e.